The number of rotatable bonds is 4. The average molecular weight is 315 g/mol. The Labute approximate surface area is 136 Å². The number of fused-ring (bicyclic) bond motifs is 1. The van der Waals surface area contributed by atoms with Gasteiger partial charge in [-0.1, -0.05) is 24.3 Å². The average Bonchev–Trinajstić information content (AvgIpc) is 3.01. The third-order valence-corrected chi connectivity index (χ3v) is 5.37. The molecule has 1 atom stereocenters. The van der Waals surface area contributed by atoms with Crippen LogP contribution in [0.15, 0.2) is 35.7 Å². The summed E-state index contributed by atoms with van der Waals surface area (Å²) in [6.45, 7) is 6.52. The molecular formula is C18H23N2OS+. The minimum atomic E-state index is 0.0777. The molecule has 4 heteroatoms. The van der Waals surface area contributed by atoms with E-state index in [4.69, 9.17) is 0 Å². The standard InChI is InChI=1S/C18H22N2OS/c1-3-19-12-17(21)20-10-8-16-15(9-11-22-16)18(20)14-7-5-4-6-13(14)2/h4-7,9,11,18-19H,3,8,10,12H2,1-2H3/p+1/t18-/m1/s1. The van der Waals surface area contributed by atoms with Crippen LogP contribution >= 0.6 is 11.3 Å². The van der Waals surface area contributed by atoms with E-state index in [1.807, 2.05) is 11.3 Å². The zero-order valence-corrected chi connectivity index (χ0v) is 14.0. The van der Waals surface area contributed by atoms with Gasteiger partial charge in [-0.15, -0.1) is 11.3 Å². The van der Waals surface area contributed by atoms with E-state index in [2.05, 4.69) is 59.8 Å². The molecule has 0 unspecified atom stereocenters. The zero-order chi connectivity index (χ0) is 15.5. The fraction of sp³-hybridized carbons (Fsp3) is 0.389. The van der Waals surface area contributed by atoms with Crippen LogP contribution in [0.4, 0.5) is 0 Å². The van der Waals surface area contributed by atoms with E-state index in [0.717, 1.165) is 19.5 Å². The summed E-state index contributed by atoms with van der Waals surface area (Å²) in [5.74, 6) is 0.243. The van der Waals surface area contributed by atoms with Gasteiger partial charge in [0.2, 0.25) is 0 Å². The lowest BCUT2D eigenvalue weighted by atomic mass is 9.90. The van der Waals surface area contributed by atoms with Gasteiger partial charge in [-0.25, -0.2) is 0 Å². The Kier molecular flexibility index (Phi) is 4.60. The number of nitrogens with zero attached hydrogens (tertiary/aromatic N) is 1. The number of likely N-dealkylation sites (N-methyl/N-ethyl adjacent to an activating group) is 1. The molecule has 0 bridgehead atoms. The summed E-state index contributed by atoms with van der Waals surface area (Å²) in [7, 11) is 0. The maximum atomic E-state index is 12.7. The number of hydrogen-bond donors (Lipinski definition) is 1. The van der Waals surface area contributed by atoms with Crippen LogP contribution in [-0.2, 0) is 11.2 Å². The van der Waals surface area contributed by atoms with Crippen molar-refractivity contribution in [3.63, 3.8) is 0 Å². The van der Waals surface area contributed by atoms with E-state index in [0.29, 0.717) is 6.54 Å². The summed E-state index contributed by atoms with van der Waals surface area (Å²) in [6, 6.07) is 10.7. The highest BCUT2D eigenvalue weighted by Gasteiger charge is 2.33. The molecule has 3 rings (SSSR count). The van der Waals surface area contributed by atoms with Crippen LogP contribution in [0.5, 0.6) is 0 Å². The Bertz CT molecular complexity index is 665. The highest BCUT2D eigenvalue weighted by molar-refractivity contribution is 7.10. The molecule has 1 aliphatic heterocycles. The van der Waals surface area contributed by atoms with Crippen molar-refractivity contribution in [2.75, 3.05) is 19.6 Å². The van der Waals surface area contributed by atoms with E-state index in [9.17, 15) is 4.79 Å². The molecule has 0 radical (unpaired) electrons. The van der Waals surface area contributed by atoms with Gasteiger partial charge in [0.15, 0.2) is 6.54 Å². The number of benzene rings is 1. The van der Waals surface area contributed by atoms with E-state index < -0.39 is 0 Å². The molecule has 0 spiro atoms. The molecule has 1 amide bonds. The molecule has 3 nitrogen and oxygen atoms in total. The van der Waals surface area contributed by atoms with Crippen molar-refractivity contribution >= 4 is 17.2 Å². The monoisotopic (exact) mass is 315 g/mol. The third kappa shape index (κ3) is 2.81. The zero-order valence-electron chi connectivity index (χ0n) is 13.2. The molecule has 22 heavy (non-hydrogen) atoms. The summed E-state index contributed by atoms with van der Waals surface area (Å²) in [5.41, 5.74) is 3.82. The van der Waals surface area contributed by atoms with Crippen molar-refractivity contribution in [2.45, 2.75) is 26.3 Å². The number of carbonyl (C=O) groups excluding carboxylic acids is 1. The lowest BCUT2D eigenvalue weighted by molar-refractivity contribution is -0.641. The van der Waals surface area contributed by atoms with Gasteiger partial charge in [0.05, 0.1) is 12.6 Å². The first-order valence-electron chi connectivity index (χ1n) is 7.95. The molecule has 1 aromatic carbocycles. The lowest BCUT2D eigenvalue weighted by Gasteiger charge is -2.36. The highest BCUT2D eigenvalue weighted by atomic mass is 32.1. The minimum absolute atomic E-state index is 0.0777. The Morgan fingerprint density at radius 2 is 2.14 bits per heavy atom. The summed E-state index contributed by atoms with van der Waals surface area (Å²) in [6.07, 6.45) is 0.979. The molecule has 0 saturated carbocycles. The molecule has 0 fully saturated rings. The minimum Gasteiger partial charge on any atom is -0.339 e. The molecule has 0 saturated heterocycles. The molecule has 2 N–H and O–H groups in total. The molecule has 2 heterocycles. The summed E-state index contributed by atoms with van der Waals surface area (Å²) >= 11 is 1.82. The Hall–Kier alpha value is -1.65. The van der Waals surface area contributed by atoms with Gasteiger partial charge in [-0.2, -0.15) is 0 Å². The van der Waals surface area contributed by atoms with Gasteiger partial charge in [-0.05, 0) is 48.4 Å². The fourth-order valence-electron chi connectivity index (χ4n) is 3.20. The topological polar surface area (TPSA) is 36.9 Å². The molecule has 1 aliphatic rings. The summed E-state index contributed by atoms with van der Waals surface area (Å²) in [4.78, 5) is 16.2. The lowest BCUT2D eigenvalue weighted by Crippen LogP contribution is -2.86. The van der Waals surface area contributed by atoms with E-state index in [-0.39, 0.29) is 11.9 Å². The maximum absolute atomic E-state index is 12.7. The maximum Gasteiger partial charge on any atom is 0.278 e. The Morgan fingerprint density at radius 1 is 1.32 bits per heavy atom. The van der Waals surface area contributed by atoms with Gasteiger partial charge in [-0.3, -0.25) is 4.79 Å². The van der Waals surface area contributed by atoms with Crippen LogP contribution in [0.2, 0.25) is 0 Å². The number of aryl methyl sites for hydroxylation is 1. The number of amides is 1. The van der Waals surface area contributed by atoms with Crippen molar-refractivity contribution in [1.29, 1.82) is 0 Å². The first-order chi connectivity index (χ1) is 10.7. The van der Waals surface area contributed by atoms with Crippen molar-refractivity contribution < 1.29 is 10.1 Å². The van der Waals surface area contributed by atoms with Crippen LogP contribution in [0.3, 0.4) is 0 Å². The third-order valence-electron chi connectivity index (χ3n) is 4.38. The van der Waals surface area contributed by atoms with Crippen LogP contribution in [-0.4, -0.2) is 30.4 Å². The number of thiophene rings is 1. The smallest absolute Gasteiger partial charge is 0.278 e. The van der Waals surface area contributed by atoms with Crippen LogP contribution in [0.25, 0.3) is 0 Å². The van der Waals surface area contributed by atoms with Gasteiger partial charge in [0, 0.05) is 11.4 Å². The van der Waals surface area contributed by atoms with Gasteiger partial charge in [0.1, 0.15) is 0 Å². The second kappa shape index (κ2) is 6.63. The van der Waals surface area contributed by atoms with Crippen LogP contribution in [0.1, 0.15) is 34.5 Å². The summed E-state index contributed by atoms with van der Waals surface area (Å²) < 4.78 is 0. The molecule has 116 valence electrons. The van der Waals surface area contributed by atoms with Crippen LogP contribution < -0.4 is 5.32 Å². The van der Waals surface area contributed by atoms with E-state index >= 15 is 0 Å². The SMILES string of the molecule is CC[NH2+]CC(=O)N1CCc2sccc2[C@H]1c1ccccc1C. The normalized spacial score (nSPS) is 17.4. The van der Waals surface area contributed by atoms with Crippen molar-refractivity contribution in [3.8, 4) is 0 Å². The highest BCUT2D eigenvalue weighted by Crippen LogP contribution is 2.38. The predicted molar refractivity (Wildman–Crippen MR) is 90.1 cm³/mol. The summed E-state index contributed by atoms with van der Waals surface area (Å²) in [5, 5.41) is 4.22. The van der Waals surface area contributed by atoms with Gasteiger partial charge >= 0.3 is 0 Å². The second-order valence-corrected chi connectivity index (χ2v) is 6.80. The van der Waals surface area contributed by atoms with Gasteiger partial charge in [0.25, 0.3) is 5.91 Å². The largest absolute Gasteiger partial charge is 0.339 e. The molecule has 2 aromatic rings. The number of nitrogens with two attached hydrogens (primary N) is 1. The predicted octanol–water partition coefficient (Wildman–Crippen LogP) is 2.11. The Morgan fingerprint density at radius 3 is 2.91 bits per heavy atom. The number of quaternary nitrogens is 1. The van der Waals surface area contributed by atoms with Crippen molar-refractivity contribution in [2.24, 2.45) is 0 Å². The van der Waals surface area contributed by atoms with Crippen molar-refractivity contribution in [1.82, 2.24) is 4.90 Å². The number of carbonyl (C=O) groups is 1. The molecule has 0 aliphatic carbocycles. The van der Waals surface area contributed by atoms with E-state index in [1.54, 1.807) is 0 Å². The Balaban J connectivity index is 2.00. The van der Waals surface area contributed by atoms with Crippen LogP contribution in [0, 0.1) is 6.92 Å². The van der Waals surface area contributed by atoms with E-state index in [1.165, 1.54) is 21.6 Å². The first-order valence-corrected chi connectivity index (χ1v) is 8.83. The quantitative estimate of drug-likeness (QED) is 0.922. The van der Waals surface area contributed by atoms with Gasteiger partial charge < -0.3 is 10.2 Å². The molecule has 1 aromatic heterocycles. The van der Waals surface area contributed by atoms with Crippen molar-refractivity contribution in [3.05, 3.63) is 57.3 Å². The number of hydrogen-bond acceptors (Lipinski definition) is 2. The fourth-order valence-corrected chi connectivity index (χ4v) is 4.10. The second-order valence-electron chi connectivity index (χ2n) is 5.80. The molecular weight excluding hydrogens is 292 g/mol. The first kappa shape index (κ1) is 15.3.